The van der Waals surface area contributed by atoms with Crippen molar-refractivity contribution in [3.05, 3.63) is 94.8 Å². The molecule has 3 aromatic carbocycles. The van der Waals surface area contributed by atoms with Crippen LogP contribution in [0.3, 0.4) is 0 Å². The van der Waals surface area contributed by atoms with Gasteiger partial charge in [0, 0.05) is 12.0 Å². The lowest BCUT2D eigenvalue weighted by atomic mass is 9.95. The van der Waals surface area contributed by atoms with Gasteiger partial charge < -0.3 is 4.74 Å². The van der Waals surface area contributed by atoms with E-state index in [1.54, 1.807) is 7.11 Å². The number of carbonyl (C=O) groups excluding carboxylic acids is 3. The number of imide groups is 1. The summed E-state index contributed by atoms with van der Waals surface area (Å²) in [4.78, 5) is 41.0. The summed E-state index contributed by atoms with van der Waals surface area (Å²) in [5.41, 5.74) is 4.87. The molecule has 3 atom stereocenters. The standard InChI is InChI=1S/C30H27FN6O4/c1-17-7-12-23(18(2)13-17)24-15-25(19-8-10-22(41-3)11-9-19)37(33-24)26(38)16-35-28-27(32-34-35)29(39)36(30(28)40)21-6-4-5-20(31)14-21/h4-14,25,27-28H,15-16H2,1-3H3/t25-,27-,28+/m0/s1. The molecule has 3 aliphatic heterocycles. The summed E-state index contributed by atoms with van der Waals surface area (Å²) < 4.78 is 19.1. The minimum Gasteiger partial charge on any atom is -0.497 e. The molecule has 3 aromatic rings. The van der Waals surface area contributed by atoms with Crippen LogP contribution < -0.4 is 9.64 Å². The van der Waals surface area contributed by atoms with Gasteiger partial charge in [0.1, 0.15) is 18.1 Å². The van der Waals surface area contributed by atoms with Crippen LogP contribution in [0.5, 0.6) is 5.75 Å². The highest BCUT2D eigenvalue weighted by molar-refractivity contribution is 6.25. The molecule has 0 spiro atoms. The van der Waals surface area contributed by atoms with Crippen LogP contribution in [-0.2, 0) is 14.4 Å². The minimum atomic E-state index is -1.11. The molecule has 0 bridgehead atoms. The van der Waals surface area contributed by atoms with Crippen LogP contribution in [0.2, 0.25) is 0 Å². The van der Waals surface area contributed by atoms with Gasteiger partial charge in [0.25, 0.3) is 17.7 Å². The summed E-state index contributed by atoms with van der Waals surface area (Å²) in [6.07, 6.45) is 0.486. The molecular weight excluding hydrogens is 527 g/mol. The number of hydrazone groups is 1. The van der Waals surface area contributed by atoms with Crippen LogP contribution in [0, 0.1) is 19.7 Å². The van der Waals surface area contributed by atoms with Crippen molar-refractivity contribution >= 4 is 29.1 Å². The van der Waals surface area contributed by atoms with Crippen molar-refractivity contribution in [3.8, 4) is 5.75 Å². The van der Waals surface area contributed by atoms with E-state index < -0.39 is 41.7 Å². The maximum atomic E-state index is 13.8. The average molecular weight is 555 g/mol. The zero-order valence-corrected chi connectivity index (χ0v) is 22.7. The molecule has 0 unspecified atom stereocenters. The lowest BCUT2D eigenvalue weighted by Crippen LogP contribution is -2.44. The van der Waals surface area contributed by atoms with Crippen molar-refractivity contribution in [1.29, 1.82) is 0 Å². The van der Waals surface area contributed by atoms with Gasteiger partial charge in [-0.25, -0.2) is 14.3 Å². The van der Waals surface area contributed by atoms with Gasteiger partial charge in [-0.05, 0) is 55.3 Å². The molecule has 3 amide bonds. The normalized spacial score (nSPS) is 21.5. The highest BCUT2D eigenvalue weighted by atomic mass is 19.1. The number of anilines is 1. The number of methoxy groups -OCH3 is 1. The second kappa shape index (κ2) is 10.2. The summed E-state index contributed by atoms with van der Waals surface area (Å²) in [5, 5.41) is 15.4. The first-order valence-corrected chi connectivity index (χ1v) is 13.2. The number of nitrogens with zero attached hydrogens (tertiary/aromatic N) is 6. The van der Waals surface area contributed by atoms with Crippen molar-refractivity contribution in [1.82, 2.24) is 10.0 Å². The lowest BCUT2D eigenvalue weighted by Gasteiger charge is -2.25. The summed E-state index contributed by atoms with van der Waals surface area (Å²) in [7, 11) is 1.59. The second-order valence-electron chi connectivity index (χ2n) is 10.3. The van der Waals surface area contributed by atoms with Crippen LogP contribution in [0.4, 0.5) is 10.1 Å². The Morgan fingerprint density at radius 2 is 1.80 bits per heavy atom. The van der Waals surface area contributed by atoms with Gasteiger partial charge >= 0.3 is 0 Å². The van der Waals surface area contributed by atoms with Crippen LogP contribution in [0.1, 0.15) is 34.7 Å². The molecule has 10 nitrogen and oxygen atoms in total. The number of hydrogen-bond acceptors (Lipinski definition) is 8. The van der Waals surface area contributed by atoms with E-state index in [0.29, 0.717) is 12.2 Å². The Labute approximate surface area is 235 Å². The number of fused-ring (bicyclic) bond motifs is 1. The van der Waals surface area contributed by atoms with Crippen LogP contribution >= 0.6 is 0 Å². The molecule has 0 aliphatic carbocycles. The fourth-order valence-electron chi connectivity index (χ4n) is 5.56. The largest absolute Gasteiger partial charge is 0.497 e. The van der Waals surface area contributed by atoms with Gasteiger partial charge in [-0.2, -0.15) is 10.2 Å². The van der Waals surface area contributed by atoms with Crippen LogP contribution in [0.15, 0.2) is 82.2 Å². The van der Waals surface area contributed by atoms with Gasteiger partial charge in [-0.1, -0.05) is 47.2 Å². The Kier molecular flexibility index (Phi) is 6.56. The number of halogens is 1. The first-order valence-electron chi connectivity index (χ1n) is 13.2. The third-order valence-corrected chi connectivity index (χ3v) is 7.58. The molecule has 41 heavy (non-hydrogen) atoms. The molecule has 3 heterocycles. The predicted molar refractivity (Wildman–Crippen MR) is 148 cm³/mol. The zero-order chi connectivity index (χ0) is 28.8. The van der Waals surface area contributed by atoms with E-state index in [-0.39, 0.29) is 12.2 Å². The van der Waals surface area contributed by atoms with Gasteiger partial charge in [-0.15, -0.1) is 0 Å². The van der Waals surface area contributed by atoms with E-state index in [1.807, 2.05) is 50.2 Å². The maximum absolute atomic E-state index is 13.8. The quantitative estimate of drug-likeness (QED) is 0.426. The van der Waals surface area contributed by atoms with E-state index >= 15 is 0 Å². The van der Waals surface area contributed by atoms with Crippen molar-refractivity contribution < 1.29 is 23.5 Å². The molecule has 1 fully saturated rings. The topological polar surface area (TPSA) is 107 Å². The summed E-state index contributed by atoms with van der Waals surface area (Å²) in [6.45, 7) is 3.71. The molecule has 0 aromatic heterocycles. The Morgan fingerprint density at radius 3 is 2.51 bits per heavy atom. The monoisotopic (exact) mass is 554 g/mol. The van der Waals surface area contributed by atoms with E-state index in [4.69, 9.17) is 9.84 Å². The smallest absolute Gasteiger partial charge is 0.264 e. The minimum absolute atomic E-state index is 0.109. The summed E-state index contributed by atoms with van der Waals surface area (Å²) in [6, 6.07) is 16.2. The maximum Gasteiger partial charge on any atom is 0.264 e. The molecule has 11 heteroatoms. The first-order chi connectivity index (χ1) is 19.7. The van der Waals surface area contributed by atoms with Crippen molar-refractivity contribution in [2.45, 2.75) is 38.4 Å². The molecule has 0 N–H and O–H groups in total. The Bertz CT molecular complexity index is 1620. The Balaban J connectivity index is 1.28. The Hall–Kier alpha value is -4.93. The average Bonchev–Trinajstić information content (AvgIpc) is 3.64. The van der Waals surface area contributed by atoms with Gasteiger partial charge in [-0.3, -0.25) is 19.4 Å². The van der Waals surface area contributed by atoms with Gasteiger partial charge in [0.15, 0.2) is 12.1 Å². The number of amides is 3. The molecule has 0 saturated carbocycles. The molecular formula is C30H27FN6O4. The molecule has 1 saturated heterocycles. The third kappa shape index (κ3) is 4.62. The third-order valence-electron chi connectivity index (χ3n) is 7.58. The first kappa shape index (κ1) is 26.3. The SMILES string of the molecule is COc1ccc([C@@H]2CC(c3ccc(C)cc3C)=NN2C(=O)CN2N=N[C@@H]3C(=O)N(c4cccc(F)c4)C(=O)[C@@H]32)cc1. The fourth-order valence-corrected chi connectivity index (χ4v) is 5.56. The van der Waals surface area contributed by atoms with E-state index in [1.165, 1.54) is 28.2 Å². The van der Waals surface area contributed by atoms with Crippen molar-refractivity contribution in [3.63, 3.8) is 0 Å². The highest BCUT2D eigenvalue weighted by Crippen LogP contribution is 2.36. The van der Waals surface area contributed by atoms with Crippen molar-refractivity contribution in [2.75, 3.05) is 18.6 Å². The number of rotatable bonds is 6. The number of benzene rings is 3. The van der Waals surface area contributed by atoms with E-state index in [0.717, 1.165) is 38.9 Å². The number of hydrogen-bond donors (Lipinski definition) is 0. The molecule has 208 valence electrons. The molecule has 0 radical (unpaired) electrons. The molecule has 6 rings (SSSR count). The zero-order valence-electron chi connectivity index (χ0n) is 22.7. The summed E-state index contributed by atoms with van der Waals surface area (Å²) >= 11 is 0. The van der Waals surface area contributed by atoms with Crippen molar-refractivity contribution in [2.24, 2.45) is 15.4 Å². The highest BCUT2D eigenvalue weighted by Gasteiger charge is 2.55. The van der Waals surface area contributed by atoms with Gasteiger partial charge in [0.2, 0.25) is 0 Å². The van der Waals surface area contributed by atoms with E-state index in [9.17, 15) is 18.8 Å². The number of carbonyl (C=O) groups is 3. The second-order valence-corrected chi connectivity index (χ2v) is 10.3. The van der Waals surface area contributed by atoms with Crippen LogP contribution in [-0.4, -0.2) is 59.2 Å². The Morgan fingerprint density at radius 1 is 1.02 bits per heavy atom. The molecule has 3 aliphatic rings. The fraction of sp³-hybridized carbons (Fsp3) is 0.267. The number of ether oxygens (including phenoxy) is 1. The lowest BCUT2D eigenvalue weighted by molar-refractivity contribution is -0.135. The summed E-state index contributed by atoms with van der Waals surface area (Å²) in [5.74, 6) is -1.52. The predicted octanol–water partition coefficient (Wildman–Crippen LogP) is 4.12. The number of aryl methyl sites for hydroxylation is 2. The van der Waals surface area contributed by atoms with Gasteiger partial charge in [0.05, 0.1) is 24.6 Å². The van der Waals surface area contributed by atoms with E-state index in [2.05, 4.69) is 16.4 Å². The van der Waals surface area contributed by atoms with Crippen LogP contribution in [0.25, 0.3) is 0 Å².